The van der Waals surface area contributed by atoms with Crippen molar-refractivity contribution >= 4 is 5.57 Å². The van der Waals surface area contributed by atoms with E-state index in [1.54, 1.807) is 11.1 Å². The Balaban J connectivity index is 2.09. The predicted octanol–water partition coefficient (Wildman–Crippen LogP) is 3.56. The fourth-order valence-corrected chi connectivity index (χ4v) is 2.33. The van der Waals surface area contributed by atoms with E-state index >= 15 is 0 Å². The van der Waals surface area contributed by atoms with Crippen LogP contribution in [-0.2, 0) is 0 Å². The molecule has 0 radical (unpaired) electrons. The maximum Gasteiger partial charge on any atom is -0.00957 e. The monoisotopic (exact) mass is 168 g/mol. The van der Waals surface area contributed by atoms with Gasteiger partial charge in [-0.1, -0.05) is 47.6 Å². The first kappa shape index (κ1) is 7.14. The van der Waals surface area contributed by atoms with Crippen molar-refractivity contribution in [3.63, 3.8) is 0 Å². The zero-order chi connectivity index (χ0) is 8.67. The fraction of sp³-hybridized carbons (Fsp3) is 0.231. The molecule has 0 saturated heterocycles. The van der Waals surface area contributed by atoms with Gasteiger partial charge >= 0.3 is 0 Å². The second-order valence-electron chi connectivity index (χ2n) is 3.86. The first-order chi connectivity index (χ1) is 6.43. The Morgan fingerprint density at radius 1 is 0.923 bits per heavy atom. The number of fused-ring (bicyclic) bond motifs is 2. The van der Waals surface area contributed by atoms with Crippen LogP contribution in [0.3, 0.4) is 0 Å². The van der Waals surface area contributed by atoms with Gasteiger partial charge in [0.15, 0.2) is 0 Å². The highest BCUT2D eigenvalue weighted by atomic mass is 14.3. The molecule has 1 aromatic rings. The maximum atomic E-state index is 2.38. The minimum atomic E-state index is 1.25. The zero-order valence-electron chi connectivity index (χ0n) is 7.59. The normalized spacial score (nSPS) is 19.5. The Kier molecular flexibility index (Phi) is 1.42. The van der Waals surface area contributed by atoms with Crippen LogP contribution in [0.15, 0.2) is 47.6 Å². The summed E-state index contributed by atoms with van der Waals surface area (Å²) in [6, 6.07) is 10.7. The van der Waals surface area contributed by atoms with Crippen LogP contribution in [0.25, 0.3) is 5.57 Å². The van der Waals surface area contributed by atoms with Gasteiger partial charge in [-0.15, -0.1) is 0 Å². The Bertz CT molecular complexity index is 393. The third-order valence-corrected chi connectivity index (χ3v) is 3.00. The molecule has 2 aliphatic carbocycles. The molecule has 2 aliphatic rings. The van der Waals surface area contributed by atoms with Gasteiger partial charge in [-0.3, -0.25) is 0 Å². The number of hydrogen-bond acceptors (Lipinski definition) is 0. The van der Waals surface area contributed by atoms with Crippen LogP contribution >= 0.6 is 0 Å². The number of rotatable bonds is 1. The number of allylic oxidation sites excluding steroid dienone is 4. The first-order valence-electron chi connectivity index (χ1n) is 4.90. The fourth-order valence-electron chi connectivity index (χ4n) is 2.33. The predicted molar refractivity (Wildman–Crippen MR) is 55.3 cm³/mol. The summed E-state index contributed by atoms with van der Waals surface area (Å²) in [4.78, 5) is 0. The molecule has 0 aromatic heterocycles. The standard InChI is InChI=1S/C13H12/c1-2-4-11(5-3-1)13-9-10-6-7-12(13)8-10/h1-5,9H,6-8H2. The van der Waals surface area contributed by atoms with Gasteiger partial charge in [-0.25, -0.2) is 0 Å². The molecule has 0 unspecified atom stereocenters. The summed E-state index contributed by atoms with van der Waals surface area (Å²) < 4.78 is 0. The number of hydrogen-bond donors (Lipinski definition) is 0. The van der Waals surface area contributed by atoms with E-state index in [4.69, 9.17) is 0 Å². The van der Waals surface area contributed by atoms with Gasteiger partial charge < -0.3 is 0 Å². The van der Waals surface area contributed by atoms with Crippen molar-refractivity contribution in [3.05, 3.63) is 53.1 Å². The molecule has 0 aliphatic heterocycles. The Hall–Kier alpha value is -1.30. The smallest absolute Gasteiger partial charge is 0.00957 e. The van der Waals surface area contributed by atoms with Crippen LogP contribution in [0.5, 0.6) is 0 Å². The summed E-state index contributed by atoms with van der Waals surface area (Å²) in [5.74, 6) is 0. The lowest BCUT2D eigenvalue weighted by Gasteiger charge is -2.05. The SMILES string of the molecule is C1=C2CCC(=C1c1ccccc1)C2. The molecule has 0 heteroatoms. The minimum absolute atomic E-state index is 1.25. The number of benzene rings is 1. The lowest BCUT2D eigenvalue weighted by molar-refractivity contribution is 1.04. The van der Waals surface area contributed by atoms with Crippen LogP contribution < -0.4 is 0 Å². The van der Waals surface area contributed by atoms with Gasteiger partial charge in [-0.05, 0) is 30.4 Å². The molecule has 0 atom stereocenters. The van der Waals surface area contributed by atoms with Crippen molar-refractivity contribution in [2.24, 2.45) is 0 Å². The van der Waals surface area contributed by atoms with E-state index in [1.165, 1.54) is 30.4 Å². The maximum absolute atomic E-state index is 2.38. The molecule has 0 amide bonds. The first-order valence-corrected chi connectivity index (χ1v) is 4.90. The molecule has 1 fully saturated rings. The molecule has 13 heavy (non-hydrogen) atoms. The van der Waals surface area contributed by atoms with Crippen LogP contribution in [0.1, 0.15) is 24.8 Å². The second kappa shape index (κ2) is 2.59. The zero-order valence-corrected chi connectivity index (χ0v) is 7.59. The van der Waals surface area contributed by atoms with E-state index < -0.39 is 0 Å². The van der Waals surface area contributed by atoms with Crippen LogP contribution in [-0.4, -0.2) is 0 Å². The summed E-state index contributed by atoms with van der Waals surface area (Å²) >= 11 is 0. The van der Waals surface area contributed by atoms with E-state index in [1.807, 2.05) is 0 Å². The van der Waals surface area contributed by atoms with Crippen LogP contribution in [0, 0.1) is 0 Å². The summed E-state index contributed by atoms with van der Waals surface area (Å²) in [5.41, 5.74) is 6.18. The lowest BCUT2D eigenvalue weighted by atomic mass is 9.99. The van der Waals surface area contributed by atoms with Crippen LogP contribution in [0.4, 0.5) is 0 Å². The Morgan fingerprint density at radius 3 is 2.38 bits per heavy atom. The molecule has 2 bridgehead atoms. The second-order valence-corrected chi connectivity index (χ2v) is 3.86. The molecule has 64 valence electrons. The molecule has 1 saturated carbocycles. The van der Waals surface area contributed by atoms with E-state index in [2.05, 4.69) is 36.4 Å². The van der Waals surface area contributed by atoms with E-state index in [9.17, 15) is 0 Å². The van der Waals surface area contributed by atoms with Crippen molar-refractivity contribution in [3.8, 4) is 0 Å². The molecule has 0 spiro atoms. The van der Waals surface area contributed by atoms with Crippen molar-refractivity contribution in [1.82, 2.24) is 0 Å². The molecule has 0 heterocycles. The molecule has 1 aromatic carbocycles. The largest absolute Gasteiger partial charge is 0.0652 e. The third kappa shape index (κ3) is 1.06. The van der Waals surface area contributed by atoms with Gasteiger partial charge in [0.25, 0.3) is 0 Å². The molecular formula is C13H12. The average Bonchev–Trinajstić information content (AvgIpc) is 2.80. The van der Waals surface area contributed by atoms with Crippen molar-refractivity contribution in [2.45, 2.75) is 19.3 Å². The molecular weight excluding hydrogens is 156 g/mol. The van der Waals surface area contributed by atoms with Gasteiger partial charge in [0.05, 0.1) is 0 Å². The highest BCUT2D eigenvalue weighted by Crippen LogP contribution is 2.42. The van der Waals surface area contributed by atoms with E-state index in [-0.39, 0.29) is 0 Å². The van der Waals surface area contributed by atoms with Crippen LogP contribution in [0.2, 0.25) is 0 Å². The van der Waals surface area contributed by atoms with Gasteiger partial charge in [-0.2, -0.15) is 0 Å². The summed E-state index contributed by atoms with van der Waals surface area (Å²) in [5, 5.41) is 0. The summed E-state index contributed by atoms with van der Waals surface area (Å²) in [6.45, 7) is 0. The van der Waals surface area contributed by atoms with E-state index in [0.29, 0.717) is 0 Å². The quantitative estimate of drug-likeness (QED) is 0.601. The van der Waals surface area contributed by atoms with Gasteiger partial charge in [0.1, 0.15) is 0 Å². The Labute approximate surface area is 78.6 Å². The average molecular weight is 168 g/mol. The Morgan fingerprint density at radius 2 is 1.77 bits per heavy atom. The van der Waals surface area contributed by atoms with Gasteiger partial charge in [0, 0.05) is 0 Å². The molecule has 0 N–H and O–H groups in total. The van der Waals surface area contributed by atoms with E-state index in [0.717, 1.165) is 0 Å². The highest BCUT2D eigenvalue weighted by Gasteiger charge is 2.22. The topological polar surface area (TPSA) is 0 Å². The highest BCUT2D eigenvalue weighted by molar-refractivity contribution is 5.82. The van der Waals surface area contributed by atoms with Gasteiger partial charge in [0.2, 0.25) is 0 Å². The van der Waals surface area contributed by atoms with Crippen molar-refractivity contribution < 1.29 is 0 Å². The third-order valence-electron chi connectivity index (χ3n) is 3.00. The lowest BCUT2D eigenvalue weighted by Crippen LogP contribution is -1.84. The molecule has 3 rings (SSSR count). The molecule has 0 nitrogen and oxygen atoms in total. The van der Waals surface area contributed by atoms with Crippen molar-refractivity contribution in [1.29, 1.82) is 0 Å². The minimum Gasteiger partial charge on any atom is -0.0652 e. The summed E-state index contributed by atoms with van der Waals surface area (Å²) in [7, 11) is 0. The summed E-state index contributed by atoms with van der Waals surface area (Å²) in [6.07, 6.45) is 6.25. The van der Waals surface area contributed by atoms with Crippen molar-refractivity contribution in [2.75, 3.05) is 0 Å².